The molecule has 1 aromatic heterocycles. The van der Waals surface area contributed by atoms with E-state index in [1.54, 1.807) is 6.07 Å². The van der Waals surface area contributed by atoms with Gasteiger partial charge in [-0.15, -0.1) is 0 Å². The molecular weight excluding hydrogens is 248 g/mol. The van der Waals surface area contributed by atoms with Crippen LogP contribution in [0.25, 0.3) is 0 Å². The summed E-state index contributed by atoms with van der Waals surface area (Å²) in [5.41, 5.74) is 1.37. The fourth-order valence-electron chi connectivity index (χ4n) is 2.53. The standard InChI is InChI=1S/C14H19ClN2O/c1-3-11-6-4-5-9-17(11)14(18)12-8-7-10(2)16-13(12)15/h7-8,11H,3-6,9H2,1-2H3/t11-/m0/s1. The van der Waals surface area contributed by atoms with Gasteiger partial charge in [-0.3, -0.25) is 4.79 Å². The highest BCUT2D eigenvalue weighted by Gasteiger charge is 2.27. The second kappa shape index (κ2) is 5.70. The molecule has 2 heterocycles. The molecule has 1 saturated heterocycles. The maximum absolute atomic E-state index is 12.5. The predicted molar refractivity (Wildman–Crippen MR) is 73.0 cm³/mol. The number of piperidine rings is 1. The first kappa shape index (κ1) is 13.3. The molecule has 1 atom stereocenters. The van der Waals surface area contributed by atoms with Crippen LogP contribution >= 0.6 is 11.6 Å². The minimum Gasteiger partial charge on any atom is -0.336 e. The van der Waals surface area contributed by atoms with Crippen molar-refractivity contribution >= 4 is 17.5 Å². The minimum atomic E-state index is 0.0269. The summed E-state index contributed by atoms with van der Waals surface area (Å²) in [5.74, 6) is 0.0269. The fourth-order valence-corrected chi connectivity index (χ4v) is 2.81. The molecule has 1 fully saturated rings. The van der Waals surface area contributed by atoms with Crippen LogP contribution in [0.3, 0.4) is 0 Å². The average Bonchev–Trinajstić information content (AvgIpc) is 2.38. The van der Waals surface area contributed by atoms with Crippen molar-refractivity contribution in [2.45, 2.75) is 45.6 Å². The number of pyridine rings is 1. The lowest BCUT2D eigenvalue weighted by atomic mass is 9.99. The number of amides is 1. The van der Waals surface area contributed by atoms with Crippen molar-refractivity contribution in [3.05, 3.63) is 28.5 Å². The Labute approximate surface area is 113 Å². The van der Waals surface area contributed by atoms with Gasteiger partial charge >= 0.3 is 0 Å². The first-order chi connectivity index (χ1) is 8.63. The van der Waals surface area contributed by atoms with Crippen LogP contribution in [0.4, 0.5) is 0 Å². The fraction of sp³-hybridized carbons (Fsp3) is 0.571. The number of likely N-dealkylation sites (tertiary alicyclic amines) is 1. The number of halogens is 1. The quantitative estimate of drug-likeness (QED) is 0.768. The van der Waals surface area contributed by atoms with Crippen LogP contribution in [0.5, 0.6) is 0 Å². The topological polar surface area (TPSA) is 33.2 Å². The molecule has 1 amide bonds. The lowest BCUT2D eigenvalue weighted by Gasteiger charge is -2.35. The molecule has 0 N–H and O–H groups in total. The number of hydrogen-bond acceptors (Lipinski definition) is 2. The number of rotatable bonds is 2. The Kier molecular flexibility index (Phi) is 4.23. The van der Waals surface area contributed by atoms with Gasteiger partial charge in [0.05, 0.1) is 5.56 Å². The van der Waals surface area contributed by atoms with E-state index in [4.69, 9.17) is 11.6 Å². The molecule has 0 unspecified atom stereocenters. The van der Waals surface area contributed by atoms with Crippen molar-refractivity contribution in [1.29, 1.82) is 0 Å². The molecule has 1 aliphatic heterocycles. The van der Waals surface area contributed by atoms with Gasteiger partial charge in [-0.1, -0.05) is 18.5 Å². The second-order valence-corrected chi connectivity index (χ2v) is 5.21. The number of carbonyl (C=O) groups excluding carboxylic acids is 1. The maximum Gasteiger partial charge on any atom is 0.257 e. The molecule has 2 rings (SSSR count). The van der Waals surface area contributed by atoms with Crippen LogP contribution in [0.2, 0.25) is 5.15 Å². The Hall–Kier alpha value is -1.09. The van der Waals surface area contributed by atoms with E-state index in [9.17, 15) is 4.79 Å². The predicted octanol–water partition coefficient (Wildman–Crippen LogP) is 3.45. The summed E-state index contributed by atoms with van der Waals surface area (Å²) in [6, 6.07) is 3.97. The van der Waals surface area contributed by atoms with Gasteiger partial charge in [0.1, 0.15) is 5.15 Å². The van der Waals surface area contributed by atoms with Gasteiger partial charge in [-0.05, 0) is 44.7 Å². The van der Waals surface area contributed by atoms with Crippen molar-refractivity contribution in [3.63, 3.8) is 0 Å². The first-order valence-corrected chi connectivity index (χ1v) is 6.95. The lowest BCUT2D eigenvalue weighted by Crippen LogP contribution is -2.43. The van der Waals surface area contributed by atoms with Gasteiger partial charge in [0, 0.05) is 18.3 Å². The highest BCUT2D eigenvalue weighted by molar-refractivity contribution is 6.32. The molecule has 0 aromatic carbocycles. The number of nitrogens with zero attached hydrogens (tertiary/aromatic N) is 2. The van der Waals surface area contributed by atoms with E-state index in [-0.39, 0.29) is 5.91 Å². The number of aryl methyl sites for hydroxylation is 1. The summed E-state index contributed by atoms with van der Waals surface area (Å²) in [7, 11) is 0. The van der Waals surface area contributed by atoms with Crippen molar-refractivity contribution in [2.24, 2.45) is 0 Å². The summed E-state index contributed by atoms with van der Waals surface area (Å²) >= 11 is 6.08. The SMILES string of the molecule is CC[C@H]1CCCCN1C(=O)c1ccc(C)nc1Cl. The van der Waals surface area contributed by atoms with Crippen molar-refractivity contribution in [1.82, 2.24) is 9.88 Å². The monoisotopic (exact) mass is 266 g/mol. The average molecular weight is 267 g/mol. The van der Waals surface area contributed by atoms with E-state index in [1.807, 2.05) is 17.9 Å². The largest absolute Gasteiger partial charge is 0.336 e. The van der Waals surface area contributed by atoms with E-state index >= 15 is 0 Å². The minimum absolute atomic E-state index is 0.0269. The first-order valence-electron chi connectivity index (χ1n) is 6.57. The van der Waals surface area contributed by atoms with Crippen molar-refractivity contribution < 1.29 is 4.79 Å². The summed E-state index contributed by atoms with van der Waals surface area (Å²) < 4.78 is 0. The van der Waals surface area contributed by atoms with E-state index in [1.165, 1.54) is 6.42 Å². The van der Waals surface area contributed by atoms with Crippen LogP contribution < -0.4 is 0 Å². The van der Waals surface area contributed by atoms with Gasteiger partial charge in [-0.2, -0.15) is 0 Å². The molecule has 0 saturated carbocycles. The maximum atomic E-state index is 12.5. The van der Waals surface area contributed by atoms with E-state index in [2.05, 4.69) is 11.9 Å². The van der Waals surface area contributed by atoms with Crippen LogP contribution in [0.15, 0.2) is 12.1 Å². The van der Waals surface area contributed by atoms with Crippen molar-refractivity contribution in [2.75, 3.05) is 6.54 Å². The lowest BCUT2D eigenvalue weighted by molar-refractivity contribution is 0.0608. The Morgan fingerprint density at radius 2 is 2.28 bits per heavy atom. The molecule has 0 aliphatic carbocycles. The smallest absolute Gasteiger partial charge is 0.257 e. The third-order valence-corrected chi connectivity index (χ3v) is 3.87. The molecule has 0 spiro atoms. The normalized spacial score (nSPS) is 19.9. The number of hydrogen-bond donors (Lipinski definition) is 0. The summed E-state index contributed by atoms with van der Waals surface area (Å²) in [6.45, 7) is 4.84. The second-order valence-electron chi connectivity index (χ2n) is 4.85. The van der Waals surface area contributed by atoms with E-state index in [0.717, 1.165) is 31.5 Å². The number of aromatic nitrogens is 1. The molecule has 1 aliphatic rings. The van der Waals surface area contributed by atoms with Gasteiger partial charge < -0.3 is 4.90 Å². The molecule has 0 bridgehead atoms. The van der Waals surface area contributed by atoms with Crippen LogP contribution in [-0.2, 0) is 0 Å². The van der Waals surface area contributed by atoms with Gasteiger partial charge in [0.2, 0.25) is 0 Å². The highest BCUT2D eigenvalue weighted by Crippen LogP contribution is 2.24. The molecule has 18 heavy (non-hydrogen) atoms. The van der Waals surface area contributed by atoms with Crippen LogP contribution in [-0.4, -0.2) is 28.4 Å². The molecular formula is C14H19ClN2O. The zero-order valence-corrected chi connectivity index (χ0v) is 11.7. The number of carbonyl (C=O) groups is 1. The Morgan fingerprint density at radius 1 is 1.50 bits per heavy atom. The molecule has 4 heteroatoms. The highest BCUT2D eigenvalue weighted by atomic mass is 35.5. The van der Waals surface area contributed by atoms with Crippen LogP contribution in [0, 0.1) is 6.92 Å². The zero-order chi connectivity index (χ0) is 13.1. The van der Waals surface area contributed by atoms with Gasteiger partial charge in [0.25, 0.3) is 5.91 Å². The van der Waals surface area contributed by atoms with Gasteiger partial charge in [-0.25, -0.2) is 4.98 Å². The Balaban J connectivity index is 2.24. The third kappa shape index (κ3) is 2.66. The summed E-state index contributed by atoms with van der Waals surface area (Å²) in [4.78, 5) is 18.6. The molecule has 3 nitrogen and oxygen atoms in total. The molecule has 0 radical (unpaired) electrons. The van der Waals surface area contributed by atoms with Crippen LogP contribution in [0.1, 0.15) is 48.7 Å². The summed E-state index contributed by atoms with van der Waals surface area (Å²) in [6.07, 6.45) is 4.39. The zero-order valence-electron chi connectivity index (χ0n) is 10.9. The Morgan fingerprint density at radius 3 is 2.94 bits per heavy atom. The molecule has 98 valence electrons. The van der Waals surface area contributed by atoms with E-state index < -0.39 is 0 Å². The van der Waals surface area contributed by atoms with Crippen molar-refractivity contribution in [3.8, 4) is 0 Å². The Bertz CT molecular complexity index is 447. The molecule has 1 aromatic rings. The third-order valence-electron chi connectivity index (χ3n) is 3.58. The van der Waals surface area contributed by atoms with E-state index in [0.29, 0.717) is 16.8 Å². The van der Waals surface area contributed by atoms with Gasteiger partial charge in [0.15, 0.2) is 0 Å². The summed E-state index contributed by atoms with van der Waals surface area (Å²) in [5, 5.41) is 0.320.